The number of nitro groups is 1. The molecule has 0 fully saturated rings. The number of aromatic nitrogens is 1. The van der Waals surface area contributed by atoms with Gasteiger partial charge in [-0.2, -0.15) is 0 Å². The van der Waals surface area contributed by atoms with Gasteiger partial charge in [0, 0.05) is 5.56 Å². The van der Waals surface area contributed by atoms with Crippen LogP contribution in [0.5, 0.6) is 0 Å². The Labute approximate surface area is 98.1 Å². The normalized spacial score (nSPS) is 10.2. The fraction of sp³-hybridized carbons (Fsp3) is 0.0833. The largest absolute Gasteiger partial charge is 0.393 e. The lowest BCUT2D eigenvalue weighted by Crippen LogP contribution is -2.01. The van der Waals surface area contributed by atoms with Gasteiger partial charge in [0.1, 0.15) is 11.4 Å². The van der Waals surface area contributed by atoms with Crippen molar-refractivity contribution < 1.29 is 4.92 Å². The molecule has 2 N–H and O–H groups in total. The minimum atomic E-state index is -0.508. The number of benzene rings is 1. The molecule has 0 saturated carbocycles. The van der Waals surface area contributed by atoms with E-state index in [0.717, 1.165) is 5.56 Å². The summed E-state index contributed by atoms with van der Waals surface area (Å²) in [5.41, 5.74) is 7.56. The van der Waals surface area contributed by atoms with E-state index in [2.05, 4.69) is 4.98 Å². The van der Waals surface area contributed by atoms with Gasteiger partial charge >= 0.3 is 5.69 Å². The molecule has 0 aliphatic rings. The molecule has 0 saturated heterocycles. The number of hydrogen-bond acceptors (Lipinski definition) is 4. The lowest BCUT2D eigenvalue weighted by molar-refractivity contribution is -0.384. The van der Waals surface area contributed by atoms with Gasteiger partial charge in [-0.05, 0) is 13.0 Å². The summed E-state index contributed by atoms with van der Waals surface area (Å²) in [6.07, 6.45) is 0. The van der Waals surface area contributed by atoms with Gasteiger partial charge in [0.2, 0.25) is 0 Å². The molecular weight excluding hydrogens is 218 g/mol. The summed E-state index contributed by atoms with van der Waals surface area (Å²) < 4.78 is 0. The van der Waals surface area contributed by atoms with E-state index in [0.29, 0.717) is 11.4 Å². The third-order valence-electron chi connectivity index (χ3n) is 2.45. The van der Waals surface area contributed by atoms with Crippen molar-refractivity contribution in [2.24, 2.45) is 0 Å². The summed E-state index contributed by atoms with van der Waals surface area (Å²) in [6.45, 7) is 1.58. The van der Waals surface area contributed by atoms with Gasteiger partial charge in [0.05, 0.1) is 10.6 Å². The molecule has 5 heteroatoms. The SMILES string of the molecule is Cc1nc(-c2ccccc2)cc(N)c1[N+](=O)[O-]. The monoisotopic (exact) mass is 229 g/mol. The van der Waals surface area contributed by atoms with Gasteiger partial charge in [-0.25, -0.2) is 4.98 Å². The number of nitrogens with two attached hydrogens (primary N) is 1. The van der Waals surface area contributed by atoms with E-state index in [4.69, 9.17) is 5.73 Å². The second-order valence-corrected chi connectivity index (χ2v) is 3.65. The summed E-state index contributed by atoms with van der Waals surface area (Å²) in [7, 11) is 0. The van der Waals surface area contributed by atoms with Crippen LogP contribution >= 0.6 is 0 Å². The van der Waals surface area contributed by atoms with Crippen molar-refractivity contribution in [2.45, 2.75) is 6.92 Å². The number of anilines is 1. The van der Waals surface area contributed by atoms with E-state index >= 15 is 0 Å². The summed E-state index contributed by atoms with van der Waals surface area (Å²) in [5, 5.41) is 10.8. The van der Waals surface area contributed by atoms with Crippen LogP contribution in [-0.2, 0) is 0 Å². The Morgan fingerprint density at radius 1 is 1.29 bits per heavy atom. The van der Waals surface area contributed by atoms with Crippen LogP contribution in [-0.4, -0.2) is 9.91 Å². The Morgan fingerprint density at radius 2 is 1.94 bits per heavy atom. The Bertz CT molecular complexity index is 544. The molecule has 0 bridgehead atoms. The number of rotatable bonds is 2. The van der Waals surface area contributed by atoms with Crippen molar-refractivity contribution in [3.63, 3.8) is 0 Å². The number of aryl methyl sites for hydroxylation is 1. The third kappa shape index (κ3) is 2.08. The van der Waals surface area contributed by atoms with Crippen molar-refractivity contribution in [2.75, 3.05) is 5.73 Å². The number of hydrogen-bond donors (Lipinski definition) is 1. The molecule has 86 valence electrons. The van der Waals surface area contributed by atoms with Crippen LogP contribution in [0.3, 0.4) is 0 Å². The van der Waals surface area contributed by atoms with Crippen molar-refractivity contribution in [1.82, 2.24) is 4.98 Å². The van der Waals surface area contributed by atoms with Crippen LogP contribution in [0.1, 0.15) is 5.69 Å². The average Bonchev–Trinajstić information content (AvgIpc) is 2.28. The lowest BCUT2D eigenvalue weighted by Gasteiger charge is -2.05. The third-order valence-corrected chi connectivity index (χ3v) is 2.45. The second kappa shape index (κ2) is 4.21. The fourth-order valence-corrected chi connectivity index (χ4v) is 1.68. The Hall–Kier alpha value is -2.43. The molecule has 0 amide bonds. The highest BCUT2D eigenvalue weighted by Gasteiger charge is 2.18. The Morgan fingerprint density at radius 3 is 2.47 bits per heavy atom. The van der Waals surface area contributed by atoms with E-state index < -0.39 is 4.92 Å². The first-order valence-electron chi connectivity index (χ1n) is 5.06. The number of nitrogen functional groups attached to an aromatic ring is 1. The summed E-state index contributed by atoms with van der Waals surface area (Å²) in [5.74, 6) is 0. The van der Waals surface area contributed by atoms with Crippen molar-refractivity contribution in [1.29, 1.82) is 0 Å². The van der Waals surface area contributed by atoms with Crippen LogP contribution in [0.4, 0.5) is 11.4 Å². The molecule has 1 aromatic carbocycles. The van der Waals surface area contributed by atoms with Gasteiger partial charge in [-0.15, -0.1) is 0 Å². The topological polar surface area (TPSA) is 82.0 Å². The molecule has 1 aromatic heterocycles. The molecule has 5 nitrogen and oxygen atoms in total. The molecule has 0 aliphatic heterocycles. The van der Waals surface area contributed by atoms with Gasteiger partial charge < -0.3 is 5.73 Å². The maximum absolute atomic E-state index is 10.8. The Kier molecular flexibility index (Phi) is 2.74. The van der Waals surface area contributed by atoms with Gasteiger partial charge in [-0.3, -0.25) is 10.1 Å². The van der Waals surface area contributed by atoms with Crippen LogP contribution in [0, 0.1) is 17.0 Å². The summed E-state index contributed by atoms with van der Waals surface area (Å²) >= 11 is 0. The maximum Gasteiger partial charge on any atom is 0.313 e. The van der Waals surface area contributed by atoms with Crippen LogP contribution in [0.25, 0.3) is 11.3 Å². The van der Waals surface area contributed by atoms with E-state index in [-0.39, 0.29) is 11.4 Å². The van der Waals surface area contributed by atoms with E-state index in [1.807, 2.05) is 30.3 Å². The zero-order valence-electron chi connectivity index (χ0n) is 9.25. The molecule has 0 aliphatic carbocycles. The first-order valence-corrected chi connectivity index (χ1v) is 5.06. The van der Waals surface area contributed by atoms with Gasteiger partial charge in [0.15, 0.2) is 0 Å². The van der Waals surface area contributed by atoms with Crippen molar-refractivity contribution in [3.05, 3.63) is 52.2 Å². The van der Waals surface area contributed by atoms with Crippen LogP contribution < -0.4 is 5.73 Å². The fourth-order valence-electron chi connectivity index (χ4n) is 1.68. The minimum Gasteiger partial charge on any atom is -0.393 e. The standard InChI is InChI=1S/C12H11N3O2/c1-8-12(15(16)17)10(13)7-11(14-8)9-5-3-2-4-6-9/h2-7H,1H3,(H2,13,14). The number of nitrogens with zero attached hydrogens (tertiary/aromatic N) is 2. The van der Waals surface area contributed by atoms with Crippen molar-refractivity contribution in [3.8, 4) is 11.3 Å². The molecule has 2 aromatic rings. The smallest absolute Gasteiger partial charge is 0.313 e. The average molecular weight is 229 g/mol. The predicted molar refractivity (Wildman–Crippen MR) is 65.5 cm³/mol. The van der Waals surface area contributed by atoms with Gasteiger partial charge in [-0.1, -0.05) is 30.3 Å². The minimum absolute atomic E-state index is 0.121. The highest BCUT2D eigenvalue weighted by Crippen LogP contribution is 2.28. The molecular formula is C12H11N3O2. The molecule has 2 rings (SSSR count). The van der Waals surface area contributed by atoms with E-state index in [1.54, 1.807) is 6.92 Å². The van der Waals surface area contributed by atoms with E-state index in [9.17, 15) is 10.1 Å². The summed E-state index contributed by atoms with van der Waals surface area (Å²) in [6, 6.07) is 10.9. The van der Waals surface area contributed by atoms with Gasteiger partial charge in [0.25, 0.3) is 0 Å². The summed E-state index contributed by atoms with van der Waals surface area (Å²) in [4.78, 5) is 14.5. The Balaban J connectivity index is 2.57. The molecule has 1 heterocycles. The molecule has 17 heavy (non-hydrogen) atoms. The molecule has 0 unspecified atom stereocenters. The molecule has 0 spiro atoms. The zero-order valence-corrected chi connectivity index (χ0v) is 9.25. The van der Waals surface area contributed by atoms with E-state index in [1.165, 1.54) is 6.07 Å². The predicted octanol–water partition coefficient (Wildman–Crippen LogP) is 2.55. The van der Waals surface area contributed by atoms with Crippen LogP contribution in [0.2, 0.25) is 0 Å². The first kappa shape index (κ1) is 11.1. The zero-order chi connectivity index (χ0) is 12.4. The molecule has 0 atom stereocenters. The highest BCUT2D eigenvalue weighted by atomic mass is 16.6. The highest BCUT2D eigenvalue weighted by molar-refractivity contribution is 5.70. The first-order chi connectivity index (χ1) is 8.09. The second-order valence-electron chi connectivity index (χ2n) is 3.65. The quantitative estimate of drug-likeness (QED) is 0.633. The maximum atomic E-state index is 10.8. The van der Waals surface area contributed by atoms with Crippen molar-refractivity contribution >= 4 is 11.4 Å². The number of pyridine rings is 1. The van der Waals surface area contributed by atoms with Crippen LogP contribution in [0.15, 0.2) is 36.4 Å². The molecule has 0 radical (unpaired) electrons. The lowest BCUT2D eigenvalue weighted by atomic mass is 10.1.